The molecule has 1 rings (SSSR count). The van der Waals surface area contributed by atoms with Crippen molar-refractivity contribution in [3.63, 3.8) is 0 Å². The summed E-state index contributed by atoms with van der Waals surface area (Å²) in [5, 5.41) is 8.76. The Kier molecular flexibility index (Phi) is 4.70. The van der Waals surface area contributed by atoms with E-state index in [1.165, 1.54) is 6.08 Å². The lowest BCUT2D eigenvalue weighted by Crippen LogP contribution is -2.13. The highest BCUT2D eigenvalue weighted by molar-refractivity contribution is 5.96. The molecule has 2 N–H and O–H groups in total. The number of carbonyl (C=O) groups excluding carboxylic acids is 1. The van der Waals surface area contributed by atoms with Gasteiger partial charge >= 0.3 is 0 Å². The summed E-state index contributed by atoms with van der Waals surface area (Å²) in [4.78, 5) is 12.8. The molecular formula is C14H15N3O. The van der Waals surface area contributed by atoms with Gasteiger partial charge in [-0.15, -0.1) is 0 Å². The zero-order valence-electron chi connectivity index (χ0n) is 10.4. The first-order valence-electron chi connectivity index (χ1n) is 5.41. The van der Waals surface area contributed by atoms with Gasteiger partial charge < -0.3 is 10.6 Å². The number of allylic oxidation sites excluding steroid dienone is 2. The van der Waals surface area contributed by atoms with Crippen LogP contribution in [-0.2, 0) is 4.79 Å². The molecule has 0 saturated carbocycles. The molecular weight excluding hydrogens is 226 g/mol. The summed E-state index contributed by atoms with van der Waals surface area (Å²) in [6.07, 6.45) is 3.14. The molecule has 1 aromatic rings. The minimum absolute atomic E-state index is 0.0646. The average molecular weight is 241 g/mol. The topological polar surface area (TPSA) is 70.1 Å². The van der Waals surface area contributed by atoms with Gasteiger partial charge in [0.1, 0.15) is 11.6 Å². The van der Waals surface area contributed by atoms with Gasteiger partial charge in [-0.1, -0.05) is 30.3 Å². The number of nitrogens with zero attached hydrogens (tertiary/aromatic N) is 2. The first kappa shape index (κ1) is 13.5. The third-order valence-corrected chi connectivity index (χ3v) is 2.35. The van der Waals surface area contributed by atoms with Crippen molar-refractivity contribution < 1.29 is 4.79 Å². The fourth-order valence-electron chi connectivity index (χ4n) is 1.45. The number of hydrogen-bond donors (Lipinski definition) is 1. The zero-order valence-corrected chi connectivity index (χ0v) is 10.4. The molecule has 0 aliphatic heterocycles. The summed E-state index contributed by atoms with van der Waals surface area (Å²) in [6, 6.07) is 11.5. The SMILES string of the molecule is CN(C)/C(=C\C=C(/C#N)C(N)=O)c1ccccc1. The molecule has 0 aromatic heterocycles. The Hall–Kier alpha value is -2.54. The van der Waals surface area contributed by atoms with E-state index in [1.807, 2.05) is 49.3 Å². The molecule has 0 aliphatic rings. The summed E-state index contributed by atoms with van der Waals surface area (Å²) in [7, 11) is 3.78. The highest BCUT2D eigenvalue weighted by Gasteiger charge is 2.04. The van der Waals surface area contributed by atoms with Crippen molar-refractivity contribution in [1.82, 2.24) is 4.90 Å². The van der Waals surface area contributed by atoms with E-state index < -0.39 is 5.91 Å². The molecule has 18 heavy (non-hydrogen) atoms. The van der Waals surface area contributed by atoms with Crippen LogP contribution in [0.5, 0.6) is 0 Å². The Morgan fingerprint density at radius 1 is 1.28 bits per heavy atom. The lowest BCUT2D eigenvalue weighted by Gasteiger charge is -2.17. The van der Waals surface area contributed by atoms with Crippen LogP contribution in [-0.4, -0.2) is 24.9 Å². The quantitative estimate of drug-likeness (QED) is 0.493. The summed E-state index contributed by atoms with van der Waals surface area (Å²) in [5.74, 6) is -0.722. The lowest BCUT2D eigenvalue weighted by atomic mass is 10.1. The largest absolute Gasteiger partial charge is 0.377 e. The van der Waals surface area contributed by atoms with Crippen molar-refractivity contribution in [2.75, 3.05) is 14.1 Å². The Bertz CT molecular complexity index is 522. The van der Waals surface area contributed by atoms with Gasteiger partial charge in [0.15, 0.2) is 0 Å². The second-order valence-corrected chi connectivity index (χ2v) is 3.87. The van der Waals surface area contributed by atoms with Crippen molar-refractivity contribution in [2.24, 2.45) is 5.73 Å². The molecule has 4 heteroatoms. The van der Waals surface area contributed by atoms with E-state index in [0.29, 0.717) is 0 Å². The molecule has 0 fully saturated rings. The first-order valence-corrected chi connectivity index (χ1v) is 5.41. The second kappa shape index (κ2) is 6.26. The van der Waals surface area contributed by atoms with Gasteiger partial charge in [0.05, 0.1) is 0 Å². The van der Waals surface area contributed by atoms with E-state index >= 15 is 0 Å². The van der Waals surface area contributed by atoms with Crippen molar-refractivity contribution in [3.05, 3.63) is 53.6 Å². The Labute approximate surface area is 107 Å². The summed E-state index contributed by atoms with van der Waals surface area (Å²) >= 11 is 0. The van der Waals surface area contributed by atoms with Crippen LogP contribution in [0.3, 0.4) is 0 Å². The van der Waals surface area contributed by atoms with E-state index in [-0.39, 0.29) is 5.57 Å². The molecule has 0 heterocycles. The van der Waals surface area contributed by atoms with Crippen molar-refractivity contribution in [3.8, 4) is 6.07 Å². The Balaban J connectivity index is 3.16. The van der Waals surface area contributed by atoms with E-state index in [1.54, 1.807) is 12.1 Å². The maximum absolute atomic E-state index is 10.9. The van der Waals surface area contributed by atoms with E-state index in [9.17, 15) is 4.79 Å². The van der Waals surface area contributed by atoms with Gasteiger partial charge in [0.2, 0.25) is 0 Å². The van der Waals surface area contributed by atoms with Crippen LogP contribution >= 0.6 is 0 Å². The maximum Gasteiger partial charge on any atom is 0.259 e. The van der Waals surface area contributed by atoms with Crippen molar-refractivity contribution in [1.29, 1.82) is 5.26 Å². The van der Waals surface area contributed by atoms with Gasteiger partial charge in [0.25, 0.3) is 5.91 Å². The van der Waals surface area contributed by atoms with Crippen LogP contribution in [0.2, 0.25) is 0 Å². The molecule has 0 bridgehead atoms. The van der Waals surface area contributed by atoms with Gasteiger partial charge in [-0.25, -0.2) is 0 Å². The molecule has 1 amide bonds. The zero-order chi connectivity index (χ0) is 13.5. The predicted octanol–water partition coefficient (Wildman–Crippen LogP) is 1.52. The smallest absolute Gasteiger partial charge is 0.259 e. The van der Waals surface area contributed by atoms with Gasteiger partial charge in [-0.05, 0) is 17.7 Å². The number of primary amides is 1. The van der Waals surface area contributed by atoms with Gasteiger partial charge in [-0.3, -0.25) is 4.79 Å². The Morgan fingerprint density at radius 2 is 1.89 bits per heavy atom. The van der Waals surface area contributed by atoms with Gasteiger partial charge in [-0.2, -0.15) is 5.26 Å². The Morgan fingerprint density at radius 3 is 2.33 bits per heavy atom. The number of carbonyl (C=O) groups is 1. The number of nitrogens with two attached hydrogens (primary N) is 1. The number of hydrogen-bond acceptors (Lipinski definition) is 3. The fourth-order valence-corrected chi connectivity index (χ4v) is 1.45. The fraction of sp³-hybridized carbons (Fsp3) is 0.143. The molecule has 0 radical (unpaired) electrons. The van der Waals surface area contributed by atoms with Crippen LogP contribution in [0.15, 0.2) is 48.1 Å². The molecule has 4 nitrogen and oxygen atoms in total. The minimum Gasteiger partial charge on any atom is -0.377 e. The molecule has 0 atom stereocenters. The third-order valence-electron chi connectivity index (χ3n) is 2.35. The second-order valence-electron chi connectivity index (χ2n) is 3.87. The number of benzene rings is 1. The highest BCUT2D eigenvalue weighted by Crippen LogP contribution is 2.16. The minimum atomic E-state index is -0.722. The monoisotopic (exact) mass is 241 g/mol. The van der Waals surface area contributed by atoms with E-state index in [2.05, 4.69) is 0 Å². The number of amides is 1. The predicted molar refractivity (Wildman–Crippen MR) is 71.0 cm³/mol. The number of nitriles is 1. The van der Waals surface area contributed by atoms with Crippen LogP contribution in [0, 0.1) is 11.3 Å². The summed E-state index contributed by atoms with van der Waals surface area (Å²) in [6.45, 7) is 0. The molecule has 0 spiro atoms. The summed E-state index contributed by atoms with van der Waals surface area (Å²) < 4.78 is 0. The van der Waals surface area contributed by atoms with E-state index in [4.69, 9.17) is 11.0 Å². The van der Waals surface area contributed by atoms with Gasteiger partial charge in [0, 0.05) is 19.8 Å². The molecule has 0 saturated heterocycles. The van der Waals surface area contributed by atoms with E-state index in [0.717, 1.165) is 11.3 Å². The van der Waals surface area contributed by atoms with Crippen molar-refractivity contribution >= 4 is 11.6 Å². The third kappa shape index (κ3) is 3.49. The highest BCUT2D eigenvalue weighted by atomic mass is 16.1. The molecule has 0 unspecified atom stereocenters. The number of rotatable bonds is 4. The lowest BCUT2D eigenvalue weighted by molar-refractivity contribution is -0.114. The first-order chi connectivity index (χ1) is 8.56. The maximum atomic E-state index is 10.9. The summed E-state index contributed by atoms with van der Waals surface area (Å²) in [5.41, 5.74) is 6.90. The van der Waals surface area contributed by atoms with Crippen LogP contribution in [0.4, 0.5) is 0 Å². The molecule has 92 valence electrons. The standard InChI is InChI=1S/C14H15N3O/c1-17(2)13(11-6-4-3-5-7-11)9-8-12(10-15)14(16)18/h3-9H,1-2H3,(H2,16,18)/b12-8+,13-9-. The van der Waals surface area contributed by atoms with Crippen LogP contribution < -0.4 is 5.73 Å². The molecule has 0 aliphatic carbocycles. The average Bonchev–Trinajstić information content (AvgIpc) is 2.35. The van der Waals surface area contributed by atoms with Crippen molar-refractivity contribution in [2.45, 2.75) is 0 Å². The normalized spacial score (nSPS) is 11.8. The molecule has 1 aromatic carbocycles. The van der Waals surface area contributed by atoms with Crippen LogP contribution in [0.1, 0.15) is 5.56 Å². The van der Waals surface area contributed by atoms with Crippen LogP contribution in [0.25, 0.3) is 5.70 Å².